The van der Waals surface area contributed by atoms with Crippen molar-refractivity contribution in [1.82, 2.24) is 5.32 Å². The predicted octanol–water partition coefficient (Wildman–Crippen LogP) is 0.916. The number of azo groups is 1. The second-order valence-electron chi connectivity index (χ2n) is 2.49. The van der Waals surface area contributed by atoms with Crippen LogP contribution < -0.4 is 5.32 Å². The summed E-state index contributed by atoms with van der Waals surface area (Å²) >= 11 is 0. The van der Waals surface area contributed by atoms with Crippen molar-refractivity contribution in [2.75, 3.05) is 0 Å². The zero-order valence-electron chi connectivity index (χ0n) is 6.46. The van der Waals surface area contributed by atoms with Crippen LogP contribution in [-0.4, -0.2) is 17.9 Å². The molecule has 2 aliphatic rings. The van der Waals surface area contributed by atoms with Crippen molar-refractivity contribution in [1.29, 1.82) is 0 Å². The van der Waals surface area contributed by atoms with Crippen molar-refractivity contribution >= 4 is 11.7 Å². The minimum atomic E-state index is -4.69. The molecular formula is C6H2F3N4O. The lowest BCUT2D eigenvalue weighted by molar-refractivity contribution is -0.134. The summed E-state index contributed by atoms with van der Waals surface area (Å²) in [5, 5.41) is 8.16. The number of carbonyl (C=O) groups excluding carboxylic acids is 1. The van der Waals surface area contributed by atoms with Gasteiger partial charge in [0.1, 0.15) is 5.57 Å². The molecule has 0 bridgehead atoms. The van der Waals surface area contributed by atoms with Crippen LogP contribution >= 0.6 is 0 Å². The van der Waals surface area contributed by atoms with Gasteiger partial charge in [-0.3, -0.25) is 4.79 Å². The van der Waals surface area contributed by atoms with Gasteiger partial charge in [0.15, 0.2) is 5.84 Å². The van der Waals surface area contributed by atoms with Crippen LogP contribution in [-0.2, 0) is 4.79 Å². The molecule has 14 heavy (non-hydrogen) atoms. The van der Waals surface area contributed by atoms with Crippen molar-refractivity contribution < 1.29 is 18.0 Å². The van der Waals surface area contributed by atoms with Gasteiger partial charge in [-0.1, -0.05) is 0 Å². The fourth-order valence-corrected chi connectivity index (χ4v) is 0.939. The van der Waals surface area contributed by atoms with Gasteiger partial charge in [0, 0.05) is 0 Å². The molecule has 1 amide bonds. The quantitative estimate of drug-likeness (QED) is 0.624. The van der Waals surface area contributed by atoms with Crippen LogP contribution in [0, 0.1) is 6.17 Å². The Morgan fingerprint density at radius 1 is 1.36 bits per heavy atom. The molecule has 2 rings (SSSR count). The Morgan fingerprint density at radius 3 is 2.71 bits per heavy atom. The van der Waals surface area contributed by atoms with Crippen molar-refractivity contribution in [3.8, 4) is 0 Å². The maximum atomic E-state index is 12.1. The van der Waals surface area contributed by atoms with E-state index in [1.165, 1.54) is 0 Å². The molecule has 0 fully saturated rings. The first-order valence-corrected chi connectivity index (χ1v) is 3.44. The van der Waals surface area contributed by atoms with Crippen LogP contribution in [0.3, 0.4) is 0 Å². The van der Waals surface area contributed by atoms with E-state index in [2.05, 4.69) is 15.2 Å². The number of aliphatic imine (C=N–C) groups is 1. The maximum Gasteiger partial charge on any atom is 0.437 e. The number of hydrogen-bond donors (Lipinski definition) is 1. The molecule has 0 saturated heterocycles. The number of fused-ring (bicyclic) bond motifs is 1. The zero-order valence-corrected chi connectivity index (χ0v) is 6.46. The maximum absolute atomic E-state index is 12.1. The van der Waals surface area contributed by atoms with E-state index in [1.807, 2.05) is 0 Å². The van der Waals surface area contributed by atoms with E-state index in [0.717, 1.165) is 6.20 Å². The summed E-state index contributed by atoms with van der Waals surface area (Å²) in [5.41, 5.74) is -0.0574. The Morgan fingerprint density at radius 2 is 2.07 bits per heavy atom. The summed E-state index contributed by atoms with van der Waals surface area (Å²) in [5.74, 6) is -1.20. The molecule has 0 aromatic carbocycles. The van der Waals surface area contributed by atoms with Gasteiger partial charge in [0.05, 0.1) is 6.20 Å². The van der Waals surface area contributed by atoms with Gasteiger partial charge >= 0.3 is 6.18 Å². The summed E-state index contributed by atoms with van der Waals surface area (Å²) in [6.45, 7) is 0. The molecule has 0 saturated carbocycles. The second-order valence-corrected chi connectivity index (χ2v) is 2.49. The molecule has 0 unspecified atom stereocenters. The third-order valence-corrected chi connectivity index (χ3v) is 1.54. The van der Waals surface area contributed by atoms with Gasteiger partial charge in [-0.2, -0.15) is 18.3 Å². The summed E-state index contributed by atoms with van der Waals surface area (Å²) in [4.78, 5) is 14.1. The topological polar surface area (TPSA) is 66.2 Å². The smallest absolute Gasteiger partial charge is 0.316 e. The molecule has 1 radical (unpaired) electrons. The van der Waals surface area contributed by atoms with E-state index in [1.54, 1.807) is 5.32 Å². The molecule has 0 aromatic heterocycles. The van der Waals surface area contributed by atoms with Crippen molar-refractivity contribution in [3.63, 3.8) is 0 Å². The first-order chi connectivity index (χ1) is 6.48. The number of halogens is 3. The monoisotopic (exact) mass is 203 g/mol. The summed E-state index contributed by atoms with van der Waals surface area (Å²) in [6, 6.07) is 0. The number of hydrogen-bond acceptors (Lipinski definition) is 4. The highest BCUT2D eigenvalue weighted by atomic mass is 19.4. The highest BCUT2D eigenvalue weighted by Gasteiger charge is 2.46. The molecule has 1 N–H and O–H groups in total. The molecule has 0 atom stereocenters. The standard InChI is InChI=1S/C6H2F3N4O/c7-6(8,9)5-11-3-2(1-10-13-3)4(14)12-5/h1H,(H,12,14). The van der Waals surface area contributed by atoms with E-state index in [0.29, 0.717) is 0 Å². The minimum absolute atomic E-state index is 0.0574. The number of rotatable bonds is 0. The molecule has 0 aromatic rings. The van der Waals surface area contributed by atoms with Crippen LogP contribution in [0.5, 0.6) is 0 Å². The Balaban J connectivity index is 2.36. The summed E-state index contributed by atoms with van der Waals surface area (Å²) in [7, 11) is 0. The van der Waals surface area contributed by atoms with Crippen LogP contribution in [0.4, 0.5) is 13.2 Å². The summed E-state index contributed by atoms with van der Waals surface area (Å²) in [6.07, 6.45) is -5.00. The third-order valence-electron chi connectivity index (χ3n) is 1.54. The van der Waals surface area contributed by atoms with E-state index >= 15 is 0 Å². The van der Waals surface area contributed by atoms with Crippen molar-refractivity contribution in [3.05, 3.63) is 17.9 Å². The first-order valence-electron chi connectivity index (χ1n) is 3.44. The number of amidine groups is 1. The molecular weight excluding hydrogens is 201 g/mol. The predicted molar refractivity (Wildman–Crippen MR) is 37.8 cm³/mol. The first kappa shape index (κ1) is 8.85. The largest absolute Gasteiger partial charge is 0.437 e. The van der Waals surface area contributed by atoms with Gasteiger partial charge < -0.3 is 5.32 Å². The molecule has 0 spiro atoms. The fraction of sp³-hybridized carbons (Fsp3) is 0.167. The van der Waals surface area contributed by atoms with Crippen LogP contribution in [0.25, 0.3) is 0 Å². The molecule has 73 valence electrons. The molecule has 2 aliphatic heterocycles. The number of carbonyl (C=O) groups is 1. The third kappa shape index (κ3) is 1.28. The lowest BCUT2D eigenvalue weighted by Crippen LogP contribution is -2.42. The van der Waals surface area contributed by atoms with E-state index < -0.39 is 18.2 Å². The normalized spacial score (nSPS) is 21.5. The lowest BCUT2D eigenvalue weighted by Gasteiger charge is -2.20. The van der Waals surface area contributed by atoms with Gasteiger partial charge in [0.2, 0.25) is 0 Å². The highest BCUT2D eigenvalue weighted by Crippen LogP contribution is 2.31. The Hall–Kier alpha value is -1.73. The SMILES string of the molecule is O=C1N[C](C(F)(F)F)N=C2N=NC=C12. The van der Waals surface area contributed by atoms with E-state index in [9.17, 15) is 18.0 Å². The Bertz CT molecular complexity index is 381. The van der Waals surface area contributed by atoms with Gasteiger partial charge in [-0.25, -0.2) is 4.99 Å². The highest BCUT2D eigenvalue weighted by molar-refractivity contribution is 6.23. The van der Waals surface area contributed by atoms with Crippen molar-refractivity contribution in [2.45, 2.75) is 6.18 Å². The van der Waals surface area contributed by atoms with Crippen LogP contribution in [0.2, 0.25) is 0 Å². The average molecular weight is 203 g/mol. The fourth-order valence-electron chi connectivity index (χ4n) is 0.939. The molecule has 5 nitrogen and oxygen atoms in total. The summed E-state index contributed by atoms with van der Waals surface area (Å²) < 4.78 is 36.4. The lowest BCUT2D eigenvalue weighted by atomic mass is 10.2. The van der Waals surface area contributed by atoms with E-state index in [-0.39, 0.29) is 11.4 Å². The van der Waals surface area contributed by atoms with E-state index in [4.69, 9.17) is 0 Å². The van der Waals surface area contributed by atoms with Crippen LogP contribution in [0.15, 0.2) is 27.0 Å². The number of alkyl halides is 3. The second kappa shape index (κ2) is 2.63. The van der Waals surface area contributed by atoms with Gasteiger partial charge in [0.25, 0.3) is 12.1 Å². The number of nitrogens with one attached hydrogen (secondary N) is 1. The van der Waals surface area contributed by atoms with Crippen LogP contribution in [0.1, 0.15) is 0 Å². The molecule has 8 heteroatoms. The zero-order chi connectivity index (χ0) is 10.3. The molecule has 2 heterocycles. The Labute approximate surface area is 75.4 Å². The number of amides is 1. The minimum Gasteiger partial charge on any atom is -0.316 e. The molecule has 0 aliphatic carbocycles. The number of nitrogens with zero attached hydrogens (tertiary/aromatic N) is 3. The van der Waals surface area contributed by atoms with Crippen molar-refractivity contribution in [2.24, 2.45) is 15.2 Å². The van der Waals surface area contributed by atoms with Gasteiger partial charge in [-0.15, -0.1) is 5.11 Å². The van der Waals surface area contributed by atoms with Gasteiger partial charge in [-0.05, 0) is 0 Å². The average Bonchev–Trinajstić information content (AvgIpc) is 2.50. The Kier molecular flexibility index (Phi) is 1.66.